The zero-order valence-corrected chi connectivity index (χ0v) is 12.2. The smallest absolute Gasteiger partial charge is 0.339 e. The first kappa shape index (κ1) is 13.6. The van der Waals surface area contributed by atoms with Gasteiger partial charge in [-0.1, -0.05) is 11.6 Å². The second kappa shape index (κ2) is 5.22. The van der Waals surface area contributed by atoms with Gasteiger partial charge in [0.2, 0.25) is 0 Å². The van der Waals surface area contributed by atoms with Crippen LogP contribution >= 0.6 is 11.6 Å². The number of hydrogen-bond donors (Lipinski definition) is 1. The van der Waals surface area contributed by atoms with Crippen molar-refractivity contribution in [1.82, 2.24) is 9.88 Å². The zero-order valence-electron chi connectivity index (χ0n) is 11.4. The number of pyridine rings is 1. The van der Waals surface area contributed by atoms with Crippen LogP contribution in [0.15, 0.2) is 12.1 Å². The third-order valence-corrected chi connectivity index (χ3v) is 4.49. The Labute approximate surface area is 123 Å². The van der Waals surface area contributed by atoms with Crippen molar-refractivity contribution < 1.29 is 9.90 Å². The van der Waals surface area contributed by atoms with Gasteiger partial charge in [-0.3, -0.25) is 4.90 Å². The van der Waals surface area contributed by atoms with Crippen LogP contribution in [-0.4, -0.2) is 52.7 Å². The van der Waals surface area contributed by atoms with Crippen LogP contribution in [0.25, 0.3) is 0 Å². The highest BCUT2D eigenvalue weighted by atomic mass is 35.5. The molecule has 3 heterocycles. The van der Waals surface area contributed by atoms with Gasteiger partial charge in [0.1, 0.15) is 16.5 Å². The van der Waals surface area contributed by atoms with E-state index in [1.54, 1.807) is 6.07 Å². The summed E-state index contributed by atoms with van der Waals surface area (Å²) in [5.74, 6) is -0.450. The number of nitrogens with zero attached hydrogens (tertiary/aromatic N) is 3. The lowest BCUT2D eigenvalue weighted by molar-refractivity contribution is 0.0696. The first-order valence-corrected chi connectivity index (χ1v) is 7.34. The van der Waals surface area contributed by atoms with E-state index < -0.39 is 5.97 Å². The first-order valence-electron chi connectivity index (χ1n) is 6.97. The molecule has 2 atom stereocenters. The topological polar surface area (TPSA) is 56.7 Å². The third-order valence-electron chi connectivity index (χ3n) is 4.28. The summed E-state index contributed by atoms with van der Waals surface area (Å²) in [6.07, 6.45) is 2.40. The molecule has 0 bridgehead atoms. The number of anilines is 1. The van der Waals surface area contributed by atoms with Gasteiger partial charge in [0.15, 0.2) is 0 Å². The molecule has 2 saturated heterocycles. The molecule has 108 valence electrons. The number of piperazine rings is 1. The molecule has 0 aromatic carbocycles. The highest BCUT2D eigenvalue weighted by molar-refractivity contribution is 6.29. The average Bonchev–Trinajstić information content (AvgIpc) is 2.84. The molecule has 0 saturated carbocycles. The Bertz CT molecular complexity index is 537. The molecule has 2 fully saturated rings. The second-order valence-corrected chi connectivity index (χ2v) is 5.99. The van der Waals surface area contributed by atoms with Crippen LogP contribution in [0, 0.1) is 0 Å². The quantitative estimate of drug-likeness (QED) is 0.847. The minimum absolute atomic E-state index is 0.229. The Morgan fingerprint density at radius 1 is 1.45 bits per heavy atom. The Balaban J connectivity index is 1.95. The maximum absolute atomic E-state index is 11.4. The van der Waals surface area contributed by atoms with Gasteiger partial charge in [-0.15, -0.1) is 0 Å². The molecule has 0 amide bonds. The van der Waals surface area contributed by atoms with Crippen molar-refractivity contribution in [2.24, 2.45) is 0 Å². The number of carboxylic acids is 1. The monoisotopic (exact) mass is 295 g/mol. The summed E-state index contributed by atoms with van der Waals surface area (Å²) in [5.41, 5.74) is 0.229. The van der Waals surface area contributed by atoms with Crippen LogP contribution in [0.5, 0.6) is 0 Å². The number of carbonyl (C=O) groups is 1. The summed E-state index contributed by atoms with van der Waals surface area (Å²) < 4.78 is 0. The van der Waals surface area contributed by atoms with Gasteiger partial charge in [-0.05, 0) is 38.4 Å². The lowest BCUT2D eigenvalue weighted by atomic mass is 10.1. The number of hydrogen-bond acceptors (Lipinski definition) is 4. The van der Waals surface area contributed by atoms with E-state index in [2.05, 4.69) is 21.7 Å². The zero-order chi connectivity index (χ0) is 14.3. The number of aromatic carboxylic acids is 1. The normalized spacial score (nSPS) is 26.6. The van der Waals surface area contributed by atoms with E-state index >= 15 is 0 Å². The van der Waals surface area contributed by atoms with E-state index in [-0.39, 0.29) is 11.6 Å². The Morgan fingerprint density at radius 3 is 3.00 bits per heavy atom. The summed E-state index contributed by atoms with van der Waals surface area (Å²) in [4.78, 5) is 20.3. The second-order valence-electron chi connectivity index (χ2n) is 5.60. The molecule has 1 aromatic heterocycles. The van der Waals surface area contributed by atoms with E-state index in [1.165, 1.54) is 18.9 Å². The summed E-state index contributed by atoms with van der Waals surface area (Å²) in [6, 6.07) is 3.83. The van der Waals surface area contributed by atoms with E-state index in [4.69, 9.17) is 11.6 Å². The van der Waals surface area contributed by atoms with Gasteiger partial charge in [0, 0.05) is 25.2 Å². The van der Waals surface area contributed by atoms with Crippen LogP contribution in [0.3, 0.4) is 0 Å². The molecule has 0 aliphatic carbocycles. The molecule has 2 aliphatic rings. The van der Waals surface area contributed by atoms with Crippen molar-refractivity contribution >= 4 is 23.4 Å². The van der Waals surface area contributed by atoms with Gasteiger partial charge in [0.25, 0.3) is 0 Å². The summed E-state index contributed by atoms with van der Waals surface area (Å²) in [6.45, 7) is 5.05. The number of carboxylic acid groups (broad SMARTS) is 1. The van der Waals surface area contributed by atoms with Crippen LogP contribution in [0.4, 0.5) is 5.82 Å². The molecule has 0 spiro atoms. The molecule has 2 unspecified atom stereocenters. The van der Waals surface area contributed by atoms with Gasteiger partial charge in [-0.25, -0.2) is 9.78 Å². The lowest BCUT2D eigenvalue weighted by Gasteiger charge is -2.43. The largest absolute Gasteiger partial charge is 0.478 e. The highest BCUT2D eigenvalue weighted by Gasteiger charge is 2.36. The maximum Gasteiger partial charge on any atom is 0.339 e. The molecule has 1 aromatic rings. The minimum atomic E-state index is -0.954. The van der Waals surface area contributed by atoms with E-state index in [1.807, 2.05) is 0 Å². The predicted octanol–water partition coefficient (Wildman–Crippen LogP) is 2.11. The highest BCUT2D eigenvalue weighted by Crippen LogP contribution is 2.30. The van der Waals surface area contributed by atoms with Crippen molar-refractivity contribution in [1.29, 1.82) is 0 Å². The number of rotatable bonds is 2. The van der Waals surface area contributed by atoms with Crippen molar-refractivity contribution in [3.05, 3.63) is 22.8 Å². The molecule has 1 N–H and O–H groups in total. The molecule has 0 radical (unpaired) electrons. The molecule has 20 heavy (non-hydrogen) atoms. The van der Waals surface area contributed by atoms with Gasteiger partial charge in [0.05, 0.1) is 0 Å². The van der Waals surface area contributed by atoms with Crippen molar-refractivity contribution in [3.8, 4) is 0 Å². The van der Waals surface area contributed by atoms with E-state index in [9.17, 15) is 9.90 Å². The Hall–Kier alpha value is -1.33. The lowest BCUT2D eigenvalue weighted by Crippen LogP contribution is -2.55. The van der Waals surface area contributed by atoms with Crippen LogP contribution in [-0.2, 0) is 0 Å². The van der Waals surface area contributed by atoms with Crippen LogP contribution in [0.1, 0.15) is 30.1 Å². The van der Waals surface area contributed by atoms with Crippen LogP contribution in [0.2, 0.25) is 5.15 Å². The number of aromatic nitrogens is 1. The Morgan fingerprint density at radius 2 is 2.25 bits per heavy atom. The summed E-state index contributed by atoms with van der Waals surface area (Å²) in [5, 5.41) is 9.68. The molecule has 5 nitrogen and oxygen atoms in total. The van der Waals surface area contributed by atoms with Gasteiger partial charge >= 0.3 is 5.97 Å². The summed E-state index contributed by atoms with van der Waals surface area (Å²) in [7, 11) is 0. The van der Waals surface area contributed by atoms with E-state index in [0.717, 1.165) is 19.6 Å². The summed E-state index contributed by atoms with van der Waals surface area (Å²) >= 11 is 5.96. The fourth-order valence-electron chi connectivity index (χ4n) is 3.29. The fourth-order valence-corrected chi connectivity index (χ4v) is 3.44. The standard InChI is InChI=1S/C14H18ClN3O2/c1-9-7-17-6-2-3-10(17)8-18(9)13-11(14(19)20)4-5-12(15)16-13/h4-5,9-10H,2-3,6-8H2,1H3,(H,19,20). The third kappa shape index (κ3) is 2.36. The van der Waals surface area contributed by atoms with Gasteiger partial charge in [-0.2, -0.15) is 0 Å². The minimum Gasteiger partial charge on any atom is -0.478 e. The number of fused-ring (bicyclic) bond motifs is 1. The SMILES string of the molecule is CC1CN2CCCC2CN1c1nc(Cl)ccc1C(=O)O. The molecule has 2 aliphatic heterocycles. The first-order chi connectivity index (χ1) is 9.56. The van der Waals surface area contributed by atoms with Crippen molar-refractivity contribution in [3.63, 3.8) is 0 Å². The van der Waals surface area contributed by atoms with E-state index in [0.29, 0.717) is 17.0 Å². The van der Waals surface area contributed by atoms with Crippen molar-refractivity contribution in [2.45, 2.75) is 31.8 Å². The average molecular weight is 296 g/mol. The fraction of sp³-hybridized carbons (Fsp3) is 0.571. The van der Waals surface area contributed by atoms with Gasteiger partial charge < -0.3 is 10.0 Å². The molecular weight excluding hydrogens is 278 g/mol. The molecule has 3 rings (SSSR count). The van der Waals surface area contributed by atoms with Crippen molar-refractivity contribution in [2.75, 3.05) is 24.5 Å². The molecule has 6 heteroatoms. The number of halogens is 1. The van der Waals surface area contributed by atoms with Crippen LogP contribution < -0.4 is 4.90 Å². The Kier molecular flexibility index (Phi) is 3.56. The molecular formula is C14H18ClN3O2. The maximum atomic E-state index is 11.4. The predicted molar refractivity (Wildman–Crippen MR) is 77.6 cm³/mol.